The monoisotopic (exact) mass is 425 g/mol. The number of esters is 1. The Labute approximate surface area is 183 Å². The maximum Gasteiger partial charge on any atom is 0.302 e. The molecule has 7 heteroatoms. The number of para-hydroxylation sites is 3. The van der Waals surface area contributed by atoms with E-state index in [1.165, 1.54) is 13.8 Å². The third kappa shape index (κ3) is 7.00. The second-order valence-electron chi connectivity index (χ2n) is 7.62. The SMILES string of the molecule is CC(=O)Nc1ccccc1N1CCN(CCCOc2ccccc2COC(C)=O)CC1. The molecule has 2 aromatic carbocycles. The molecule has 1 amide bonds. The predicted octanol–water partition coefficient (Wildman–Crippen LogP) is 3.30. The molecule has 0 aromatic heterocycles. The second kappa shape index (κ2) is 11.4. The Morgan fingerprint density at radius 3 is 2.42 bits per heavy atom. The summed E-state index contributed by atoms with van der Waals surface area (Å²) >= 11 is 0. The number of anilines is 2. The molecular formula is C24H31N3O4. The van der Waals surface area contributed by atoms with Gasteiger partial charge in [0.15, 0.2) is 0 Å². The first-order valence-electron chi connectivity index (χ1n) is 10.7. The molecule has 0 aliphatic carbocycles. The van der Waals surface area contributed by atoms with Crippen LogP contribution in [0.1, 0.15) is 25.8 Å². The van der Waals surface area contributed by atoms with Crippen molar-refractivity contribution < 1.29 is 19.1 Å². The minimum atomic E-state index is -0.298. The van der Waals surface area contributed by atoms with Crippen LogP contribution in [0.15, 0.2) is 48.5 Å². The molecule has 1 aliphatic rings. The molecule has 2 aromatic rings. The highest BCUT2D eigenvalue weighted by Gasteiger charge is 2.19. The smallest absolute Gasteiger partial charge is 0.302 e. The Bertz CT molecular complexity index is 879. The number of hydrogen-bond donors (Lipinski definition) is 1. The Kier molecular flexibility index (Phi) is 8.29. The fourth-order valence-electron chi connectivity index (χ4n) is 3.67. The summed E-state index contributed by atoms with van der Waals surface area (Å²) in [6.45, 7) is 8.52. The van der Waals surface area contributed by atoms with E-state index in [1.54, 1.807) is 0 Å². The summed E-state index contributed by atoms with van der Waals surface area (Å²) in [4.78, 5) is 27.3. The van der Waals surface area contributed by atoms with Crippen LogP contribution in [0.2, 0.25) is 0 Å². The Balaban J connectivity index is 1.42. The molecule has 0 saturated carbocycles. The third-order valence-corrected chi connectivity index (χ3v) is 5.21. The zero-order valence-corrected chi connectivity index (χ0v) is 18.3. The van der Waals surface area contributed by atoms with Crippen LogP contribution in [0.4, 0.5) is 11.4 Å². The zero-order chi connectivity index (χ0) is 22.1. The summed E-state index contributed by atoms with van der Waals surface area (Å²) in [5, 5.41) is 2.92. The van der Waals surface area contributed by atoms with Gasteiger partial charge in [0.2, 0.25) is 5.91 Å². The van der Waals surface area contributed by atoms with Crippen LogP contribution in [0.5, 0.6) is 5.75 Å². The highest BCUT2D eigenvalue weighted by molar-refractivity contribution is 5.92. The molecular weight excluding hydrogens is 394 g/mol. The first-order chi connectivity index (χ1) is 15.0. The van der Waals surface area contributed by atoms with Crippen molar-refractivity contribution in [3.05, 3.63) is 54.1 Å². The van der Waals surface area contributed by atoms with Gasteiger partial charge in [-0.2, -0.15) is 0 Å². The van der Waals surface area contributed by atoms with Crippen LogP contribution >= 0.6 is 0 Å². The van der Waals surface area contributed by atoms with Gasteiger partial charge in [0, 0.05) is 52.1 Å². The highest BCUT2D eigenvalue weighted by Crippen LogP contribution is 2.26. The fourth-order valence-corrected chi connectivity index (χ4v) is 3.67. The van der Waals surface area contributed by atoms with Gasteiger partial charge < -0.3 is 19.7 Å². The van der Waals surface area contributed by atoms with E-state index in [2.05, 4.69) is 21.2 Å². The predicted molar refractivity (Wildman–Crippen MR) is 121 cm³/mol. The van der Waals surface area contributed by atoms with Crippen LogP contribution in [0, 0.1) is 0 Å². The number of carbonyl (C=O) groups is 2. The Morgan fingerprint density at radius 2 is 1.68 bits per heavy atom. The molecule has 1 fully saturated rings. The normalized spacial score (nSPS) is 14.2. The molecule has 1 N–H and O–H groups in total. The van der Waals surface area contributed by atoms with Gasteiger partial charge in [-0.25, -0.2) is 0 Å². The maximum absolute atomic E-state index is 11.5. The zero-order valence-electron chi connectivity index (χ0n) is 18.3. The van der Waals surface area contributed by atoms with Crippen molar-refractivity contribution in [3.63, 3.8) is 0 Å². The summed E-state index contributed by atoms with van der Waals surface area (Å²) in [6.07, 6.45) is 0.921. The molecule has 0 unspecified atom stereocenters. The lowest BCUT2D eigenvalue weighted by molar-refractivity contribution is -0.142. The first kappa shape index (κ1) is 22.6. The number of nitrogens with one attached hydrogen (secondary N) is 1. The van der Waals surface area contributed by atoms with Crippen molar-refractivity contribution in [1.29, 1.82) is 0 Å². The summed E-state index contributed by atoms with van der Waals surface area (Å²) in [7, 11) is 0. The van der Waals surface area contributed by atoms with E-state index >= 15 is 0 Å². The van der Waals surface area contributed by atoms with Gasteiger partial charge >= 0.3 is 5.97 Å². The van der Waals surface area contributed by atoms with E-state index in [-0.39, 0.29) is 18.5 Å². The number of carbonyl (C=O) groups excluding carboxylic acids is 2. The molecule has 0 bridgehead atoms. The minimum absolute atomic E-state index is 0.0551. The van der Waals surface area contributed by atoms with E-state index in [0.29, 0.717) is 6.61 Å². The molecule has 1 aliphatic heterocycles. The first-order valence-corrected chi connectivity index (χ1v) is 10.7. The van der Waals surface area contributed by atoms with Crippen LogP contribution in [0.25, 0.3) is 0 Å². The summed E-state index contributed by atoms with van der Waals surface area (Å²) < 4.78 is 11.0. The molecule has 0 radical (unpaired) electrons. The van der Waals surface area contributed by atoms with Crippen molar-refractivity contribution in [2.45, 2.75) is 26.9 Å². The van der Waals surface area contributed by atoms with E-state index in [9.17, 15) is 9.59 Å². The van der Waals surface area contributed by atoms with Gasteiger partial charge in [-0.15, -0.1) is 0 Å². The van der Waals surface area contributed by atoms with Crippen molar-refractivity contribution in [1.82, 2.24) is 4.90 Å². The number of ether oxygens (including phenoxy) is 2. The van der Waals surface area contributed by atoms with Gasteiger partial charge in [0.25, 0.3) is 0 Å². The molecule has 31 heavy (non-hydrogen) atoms. The number of rotatable bonds is 9. The molecule has 0 spiro atoms. The van der Waals surface area contributed by atoms with E-state index in [4.69, 9.17) is 9.47 Å². The molecule has 166 valence electrons. The molecule has 3 rings (SSSR count). The summed E-state index contributed by atoms with van der Waals surface area (Å²) in [6, 6.07) is 15.6. The van der Waals surface area contributed by atoms with E-state index in [0.717, 1.165) is 61.8 Å². The van der Waals surface area contributed by atoms with Crippen molar-refractivity contribution in [2.75, 3.05) is 49.5 Å². The quantitative estimate of drug-likeness (QED) is 0.491. The number of hydrogen-bond acceptors (Lipinski definition) is 6. The molecule has 7 nitrogen and oxygen atoms in total. The van der Waals surface area contributed by atoms with Gasteiger partial charge in [-0.05, 0) is 24.6 Å². The Morgan fingerprint density at radius 1 is 0.968 bits per heavy atom. The van der Waals surface area contributed by atoms with Crippen LogP contribution in [0.3, 0.4) is 0 Å². The second-order valence-corrected chi connectivity index (χ2v) is 7.62. The van der Waals surface area contributed by atoms with Crippen molar-refractivity contribution in [3.8, 4) is 5.75 Å². The van der Waals surface area contributed by atoms with Crippen molar-refractivity contribution >= 4 is 23.3 Å². The van der Waals surface area contributed by atoms with Crippen LogP contribution in [-0.2, 0) is 20.9 Å². The minimum Gasteiger partial charge on any atom is -0.493 e. The number of piperazine rings is 1. The third-order valence-electron chi connectivity index (χ3n) is 5.21. The topological polar surface area (TPSA) is 71.1 Å². The van der Waals surface area contributed by atoms with Gasteiger partial charge in [0.05, 0.1) is 18.0 Å². The lowest BCUT2D eigenvalue weighted by atomic mass is 10.2. The summed E-state index contributed by atoms with van der Waals surface area (Å²) in [5.41, 5.74) is 2.82. The lowest BCUT2D eigenvalue weighted by Gasteiger charge is -2.37. The van der Waals surface area contributed by atoms with Gasteiger partial charge in [-0.1, -0.05) is 30.3 Å². The van der Waals surface area contributed by atoms with Crippen molar-refractivity contribution in [2.24, 2.45) is 0 Å². The number of benzene rings is 2. The van der Waals surface area contributed by atoms with E-state index < -0.39 is 0 Å². The number of amides is 1. The number of nitrogens with zero attached hydrogens (tertiary/aromatic N) is 2. The Hall–Kier alpha value is -3.06. The van der Waals surface area contributed by atoms with Crippen LogP contribution in [-0.4, -0.2) is 56.1 Å². The highest BCUT2D eigenvalue weighted by atomic mass is 16.5. The average Bonchev–Trinajstić information content (AvgIpc) is 2.76. The van der Waals surface area contributed by atoms with Gasteiger partial charge in [-0.3, -0.25) is 14.5 Å². The maximum atomic E-state index is 11.5. The lowest BCUT2D eigenvalue weighted by Crippen LogP contribution is -2.47. The molecule has 1 heterocycles. The summed E-state index contributed by atoms with van der Waals surface area (Å²) in [5.74, 6) is 0.414. The molecule has 1 saturated heterocycles. The average molecular weight is 426 g/mol. The largest absolute Gasteiger partial charge is 0.493 e. The van der Waals surface area contributed by atoms with E-state index in [1.807, 2.05) is 42.5 Å². The molecule has 0 atom stereocenters. The van der Waals surface area contributed by atoms with Gasteiger partial charge in [0.1, 0.15) is 12.4 Å². The fraction of sp³-hybridized carbons (Fsp3) is 0.417. The van der Waals surface area contributed by atoms with Crippen LogP contribution < -0.4 is 15.0 Å². The standard InChI is InChI=1S/C24H31N3O4/c1-19(28)25-22-9-4-5-10-23(22)27-15-13-26(14-16-27)12-7-17-30-24-11-6-3-8-21(24)18-31-20(2)29/h3-6,8-11H,7,12-18H2,1-2H3,(H,25,28).